The zero-order valence-corrected chi connectivity index (χ0v) is 7.74. The molecule has 1 unspecified atom stereocenters. The summed E-state index contributed by atoms with van der Waals surface area (Å²) in [6, 6.07) is 0. The lowest BCUT2D eigenvalue weighted by atomic mass is 9.88. The van der Waals surface area contributed by atoms with Crippen molar-refractivity contribution in [2.24, 2.45) is 5.92 Å². The van der Waals surface area contributed by atoms with Crippen LogP contribution in [0.3, 0.4) is 0 Å². The Labute approximate surface area is 80.3 Å². The van der Waals surface area contributed by atoms with Crippen molar-refractivity contribution in [3.8, 4) is 0 Å². The molecular weight excluding hydrogens is 188 g/mol. The van der Waals surface area contributed by atoms with Crippen LogP contribution >= 0.6 is 0 Å². The predicted octanol–water partition coefficient (Wildman–Crippen LogP) is -0.0184. The number of rotatable bonds is 1. The van der Waals surface area contributed by atoms with E-state index in [4.69, 9.17) is 14.2 Å². The molecule has 3 heterocycles. The number of carbonyl (C=O) groups is 2. The quantitative estimate of drug-likeness (QED) is 0.437. The number of hydrogen-bond donors (Lipinski definition) is 0. The average Bonchev–Trinajstić information content (AvgIpc) is 2.63. The van der Waals surface area contributed by atoms with Gasteiger partial charge in [-0.1, -0.05) is 0 Å². The van der Waals surface area contributed by atoms with Crippen LogP contribution in [0.4, 0.5) is 0 Å². The summed E-state index contributed by atoms with van der Waals surface area (Å²) < 4.78 is 15.6. The van der Waals surface area contributed by atoms with Crippen molar-refractivity contribution in [1.29, 1.82) is 0 Å². The first-order chi connectivity index (χ1) is 6.56. The molecule has 0 aromatic carbocycles. The van der Waals surface area contributed by atoms with E-state index in [2.05, 4.69) is 0 Å². The maximum Gasteiger partial charge on any atom is 0.309 e. The molecule has 76 valence electrons. The Bertz CT molecular complexity index is 310. The van der Waals surface area contributed by atoms with Crippen LogP contribution in [0, 0.1) is 5.92 Å². The van der Waals surface area contributed by atoms with Crippen LogP contribution < -0.4 is 0 Å². The van der Waals surface area contributed by atoms with E-state index < -0.39 is 11.4 Å². The van der Waals surface area contributed by atoms with Crippen molar-refractivity contribution in [3.05, 3.63) is 0 Å². The molecule has 5 heteroatoms. The van der Waals surface area contributed by atoms with Gasteiger partial charge in [-0.25, -0.2) is 0 Å². The van der Waals surface area contributed by atoms with Crippen molar-refractivity contribution in [2.45, 2.75) is 31.2 Å². The minimum Gasteiger partial charge on any atom is -0.419 e. The first kappa shape index (κ1) is 8.23. The number of esters is 2. The molecule has 3 fully saturated rings. The van der Waals surface area contributed by atoms with E-state index in [1.807, 2.05) is 0 Å². The lowest BCUT2D eigenvalue weighted by Gasteiger charge is -2.29. The smallest absolute Gasteiger partial charge is 0.309 e. The van der Waals surface area contributed by atoms with Crippen molar-refractivity contribution in [2.75, 3.05) is 6.61 Å². The van der Waals surface area contributed by atoms with Gasteiger partial charge in [0.05, 0.1) is 25.4 Å². The molecule has 3 aliphatic rings. The van der Waals surface area contributed by atoms with Gasteiger partial charge in [0.1, 0.15) is 0 Å². The number of fused-ring (bicyclic) bond motifs is 1. The maximum atomic E-state index is 11.2. The van der Waals surface area contributed by atoms with Gasteiger partial charge in [0.2, 0.25) is 0 Å². The summed E-state index contributed by atoms with van der Waals surface area (Å²) in [4.78, 5) is 22.3. The molecule has 0 aliphatic carbocycles. The van der Waals surface area contributed by atoms with Gasteiger partial charge in [-0.3, -0.25) is 9.59 Å². The van der Waals surface area contributed by atoms with E-state index >= 15 is 0 Å². The van der Waals surface area contributed by atoms with E-state index in [1.54, 1.807) is 6.92 Å². The van der Waals surface area contributed by atoms with Crippen LogP contribution in [0.5, 0.6) is 0 Å². The lowest BCUT2D eigenvalue weighted by molar-refractivity contribution is -0.227. The van der Waals surface area contributed by atoms with E-state index in [1.165, 1.54) is 0 Å². The van der Waals surface area contributed by atoms with Crippen LogP contribution in [0.15, 0.2) is 0 Å². The van der Waals surface area contributed by atoms with Crippen molar-refractivity contribution in [1.82, 2.24) is 0 Å². The van der Waals surface area contributed by atoms with Crippen LogP contribution in [-0.2, 0) is 23.8 Å². The Morgan fingerprint density at radius 1 is 1.21 bits per heavy atom. The molecule has 1 atom stereocenters. The monoisotopic (exact) mass is 198 g/mol. The fourth-order valence-corrected chi connectivity index (χ4v) is 2.31. The van der Waals surface area contributed by atoms with E-state index in [-0.39, 0.29) is 30.7 Å². The molecule has 0 bridgehead atoms. The van der Waals surface area contributed by atoms with Gasteiger partial charge in [-0.15, -0.1) is 0 Å². The van der Waals surface area contributed by atoms with Crippen molar-refractivity contribution in [3.63, 3.8) is 0 Å². The topological polar surface area (TPSA) is 65.1 Å². The Kier molecular flexibility index (Phi) is 1.24. The summed E-state index contributed by atoms with van der Waals surface area (Å²) in [6.07, 6.45) is 0.509. The molecule has 3 saturated heterocycles. The standard InChI is InChI=1S/C9H10O5/c1-8(4-12-8)9-5(2-6(10)13-9)3-7(11)14-9/h5H,2-4H2,1H3. The first-order valence-corrected chi connectivity index (χ1v) is 4.63. The van der Waals surface area contributed by atoms with E-state index in [0.717, 1.165) is 0 Å². The summed E-state index contributed by atoms with van der Waals surface area (Å²) >= 11 is 0. The zero-order valence-electron chi connectivity index (χ0n) is 7.74. The molecule has 3 aliphatic heterocycles. The Hall–Kier alpha value is -1.10. The third kappa shape index (κ3) is 0.785. The average molecular weight is 198 g/mol. The van der Waals surface area contributed by atoms with Gasteiger partial charge in [-0.05, 0) is 6.92 Å². The molecule has 5 nitrogen and oxygen atoms in total. The minimum atomic E-state index is -1.12. The van der Waals surface area contributed by atoms with Gasteiger partial charge in [-0.2, -0.15) is 0 Å². The second kappa shape index (κ2) is 2.11. The summed E-state index contributed by atoms with van der Waals surface area (Å²) in [6.45, 7) is 2.28. The molecule has 0 amide bonds. The van der Waals surface area contributed by atoms with Crippen LogP contribution in [-0.4, -0.2) is 29.9 Å². The number of epoxide rings is 1. The molecule has 14 heavy (non-hydrogen) atoms. The highest BCUT2D eigenvalue weighted by Gasteiger charge is 2.73. The molecule has 0 aromatic heterocycles. The summed E-state index contributed by atoms with van der Waals surface area (Å²) in [7, 11) is 0. The zero-order chi connectivity index (χ0) is 9.97. The van der Waals surface area contributed by atoms with Gasteiger partial charge in [0.25, 0.3) is 5.79 Å². The lowest BCUT2D eigenvalue weighted by Crippen LogP contribution is -2.47. The van der Waals surface area contributed by atoms with Gasteiger partial charge in [0, 0.05) is 0 Å². The third-order valence-corrected chi connectivity index (χ3v) is 3.21. The second-order valence-electron chi connectivity index (χ2n) is 4.24. The van der Waals surface area contributed by atoms with Crippen LogP contribution in [0.1, 0.15) is 19.8 Å². The van der Waals surface area contributed by atoms with Crippen molar-refractivity contribution < 1.29 is 23.8 Å². The Balaban J connectivity index is 2.01. The number of hydrogen-bond acceptors (Lipinski definition) is 5. The molecule has 0 N–H and O–H groups in total. The van der Waals surface area contributed by atoms with E-state index in [9.17, 15) is 9.59 Å². The molecule has 0 radical (unpaired) electrons. The highest BCUT2D eigenvalue weighted by Crippen LogP contribution is 2.54. The molecule has 0 aromatic rings. The second-order valence-corrected chi connectivity index (χ2v) is 4.24. The molecular formula is C9H10O5. The minimum absolute atomic E-state index is 0.171. The Morgan fingerprint density at radius 3 is 2.14 bits per heavy atom. The SMILES string of the molecule is CC1(C23OC(=O)CC2CC(=O)O3)CO1. The highest BCUT2D eigenvalue weighted by molar-refractivity contribution is 5.80. The maximum absolute atomic E-state index is 11.2. The van der Waals surface area contributed by atoms with Crippen LogP contribution in [0.2, 0.25) is 0 Å². The highest BCUT2D eigenvalue weighted by atomic mass is 16.8. The van der Waals surface area contributed by atoms with Gasteiger partial charge < -0.3 is 14.2 Å². The Morgan fingerprint density at radius 2 is 1.71 bits per heavy atom. The van der Waals surface area contributed by atoms with Crippen molar-refractivity contribution >= 4 is 11.9 Å². The summed E-state index contributed by atoms with van der Waals surface area (Å²) in [5.74, 6) is -1.91. The number of ether oxygens (including phenoxy) is 3. The predicted molar refractivity (Wildman–Crippen MR) is 42.0 cm³/mol. The molecule has 3 rings (SSSR count). The van der Waals surface area contributed by atoms with Crippen LogP contribution in [0.25, 0.3) is 0 Å². The normalized spacial score (nSPS) is 49.9. The third-order valence-electron chi connectivity index (χ3n) is 3.21. The van der Waals surface area contributed by atoms with Gasteiger partial charge >= 0.3 is 11.9 Å². The summed E-state index contributed by atoms with van der Waals surface area (Å²) in [5, 5.41) is 0. The number of carbonyl (C=O) groups excluding carboxylic acids is 2. The molecule has 0 saturated carbocycles. The fraction of sp³-hybridized carbons (Fsp3) is 0.778. The first-order valence-electron chi connectivity index (χ1n) is 4.63. The fourth-order valence-electron chi connectivity index (χ4n) is 2.31. The summed E-state index contributed by atoms with van der Waals surface area (Å²) in [5.41, 5.74) is -0.615. The van der Waals surface area contributed by atoms with Gasteiger partial charge in [0.15, 0.2) is 5.60 Å². The van der Waals surface area contributed by atoms with E-state index in [0.29, 0.717) is 6.61 Å². The molecule has 0 spiro atoms. The largest absolute Gasteiger partial charge is 0.419 e.